The molecule has 0 spiro atoms. The molecule has 0 aromatic carbocycles. The van der Waals surface area contributed by atoms with E-state index in [0.717, 1.165) is 11.5 Å². The van der Waals surface area contributed by atoms with Crippen molar-refractivity contribution in [1.29, 1.82) is 0 Å². The number of hydrogen-bond donors (Lipinski definition) is 1. The second kappa shape index (κ2) is 1.55. The van der Waals surface area contributed by atoms with E-state index in [2.05, 4.69) is 15.5 Å². The van der Waals surface area contributed by atoms with Gasteiger partial charge in [-0.2, -0.15) is 5.10 Å². The molecule has 0 radical (unpaired) electrons. The summed E-state index contributed by atoms with van der Waals surface area (Å²) in [6.07, 6.45) is 1.75. The molecular formula is C6H5N3. The van der Waals surface area contributed by atoms with Crippen LogP contribution in [0.3, 0.4) is 0 Å². The van der Waals surface area contributed by atoms with E-state index < -0.39 is 0 Å². The first kappa shape index (κ1) is 4.49. The van der Waals surface area contributed by atoms with Crippen LogP contribution in [0.15, 0.2) is 29.5 Å². The lowest BCUT2D eigenvalue weighted by molar-refractivity contribution is 1.24. The van der Waals surface area contributed by atoms with Gasteiger partial charge >= 0.3 is 0 Å². The van der Waals surface area contributed by atoms with Crippen LogP contribution in [-0.4, -0.2) is 10.8 Å². The Labute approximate surface area is 52.4 Å². The maximum atomic E-state index is 4.05. The third kappa shape index (κ3) is 0.762. The molecule has 1 aliphatic heterocycles. The summed E-state index contributed by atoms with van der Waals surface area (Å²) in [4.78, 5) is 4.05. The van der Waals surface area contributed by atoms with Gasteiger partial charge in [-0.3, -0.25) is 10.4 Å². The molecule has 1 aromatic heterocycles. The van der Waals surface area contributed by atoms with Gasteiger partial charge < -0.3 is 0 Å². The van der Waals surface area contributed by atoms with E-state index in [-0.39, 0.29) is 0 Å². The highest BCUT2D eigenvalue weighted by Crippen LogP contribution is 1.99. The Morgan fingerprint density at radius 3 is 2.78 bits per heavy atom. The fourth-order valence-electron chi connectivity index (χ4n) is 0.645. The number of aromatic nitrogens is 1. The summed E-state index contributed by atoms with van der Waals surface area (Å²) >= 11 is 0. The summed E-state index contributed by atoms with van der Waals surface area (Å²) < 4.78 is 0. The number of hydrazone groups is 1. The molecule has 0 saturated heterocycles. The first-order valence-electron chi connectivity index (χ1n) is 2.72. The fourth-order valence-corrected chi connectivity index (χ4v) is 0.645. The second-order valence-electron chi connectivity index (χ2n) is 1.79. The minimum Gasteiger partial charge on any atom is -0.256 e. The molecule has 0 saturated carbocycles. The van der Waals surface area contributed by atoms with Gasteiger partial charge in [-0.15, -0.1) is 0 Å². The van der Waals surface area contributed by atoms with Crippen LogP contribution in [0.4, 0.5) is 0 Å². The van der Waals surface area contributed by atoms with Crippen molar-refractivity contribution in [1.82, 2.24) is 10.4 Å². The second-order valence-corrected chi connectivity index (χ2v) is 1.79. The zero-order valence-electron chi connectivity index (χ0n) is 4.70. The van der Waals surface area contributed by atoms with Gasteiger partial charge in [0.05, 0.1) is 0 Å². The highest BCUT2D eigenvalue weighted by molar-refractivity contribution is 6.03. The van der Waals surface area contributed by atoms with E-state index in [1.165, 1.54) is 0 Å². The molecule has 0 bridgehead atoms. The van der Waals surface area contributed by atoms with Gasteiger partial charge in [0, 0.05) is 6.20 Å². The van der Waals surface area contributed by atoms with E-state index in [1.54, 1.807) is 6.20 Å². The van der Waals surface area contributed by atoms with Gasteiger partial charge in [0.15, 0.2) is 5.84 Å². The van der Waals surface area contributed by atoms with Crippen molar-refractivity contribution in [3.63, 3.8) is 0 Å². The van der Waals surface area contributed by atoms with Gasteiger partial charge in [0.25, 0.3) is 0 Å². The van der Waals surface area contributed by atoms with Crippen molar-refractivity contribution < 1.29 is 0 Å². The Hall–Kier alpha value is -1.38. The van der Waals surface area contributed by atoms with Crippen LogP contribution in [-0.2, 0) is 0 Å². The number of amidine groups is 1. The molecule has 0 fully saturated rings. The standard InChI is InChI=1S/C6H5N3/c1-2-4-7-5(3-1)6-8-9-6/h1-4H,(H,8,9). The van der Waals surface area contributed by atoms with Gasteiger partial charge in [-0.25, -0.2) is 0 Å². The summed E-state index contributed by atoms with van der Waals surface area (Å²) in [7, 11) is 0. The molecule has 0 aliphatic carbocycles. The van der Waals surface area contributed by atoms with Crippen molar-refractivity contribution in [3.05, 3.63) is 30.1 Å². The van der Waals surface area contributed by atoms with Crippen LogP contribution in [0, 0.1) is 0 Å². The predicted octanol–water partition coefficient (Wildman–Crippen LogP) is 0.346. The lowest BCUT2D eigenvalue weighted by Crippen LogP contribution is -1.96. The van der Waals surface area contributed by atoms with E-state index >= 15 is 0 Å². The molecule has 1 aliphatic rings. The maximum Gasteiger partial charge on any atom is 0.192 e. The summed E-state index contributed by atoms with van der Waals surface area (Å²) in [5, 5.41) is 3.78. The lowest BCUT2D eigenvalue weighted by atomic mass is 10.3. The van der Waals surface area contributed by atoms with Crippen molar-refractivity contribution in [2.75, 3.05) is 0 Å². The molecular weight excluding hydrogens is 114 g/mol. The van der Waals surface area contributed by atoms with Gasteiger partial charge in [0.1, 0.15) is 5.69 Å². The largest absolute Gasteiger partial charge is 0.256 e. The van der Waals surface area contributed by atoms with Gasteiger partial charge in [0.2, 0.25) is 0 Å². The highest BCUT2D eigenvalue weighted by atomic mass is 15.5. The summed E-state index contributed by atoms with van der Waals surface area (Å²) in [5.41, 5.74) is 3.64. The zero-order valence-corrected chi connectivity index (χ0v) is 4.70. The quantitative estimate of drug-likeness (QED) is 0.579. The van der Waals surface area contributed by atoms with Crippen LogP contribution >= 0.6 is 0 Å². The zero-order chi connectivity index (χ0) is 6.10. The SMILES string of the molecule is c1ccc(C2=NN2)nc1. The number of nitrogens with zero attached hydrogens (tertiary/aromatic N) is 2. The van der Waals surface area contributed by atoms with Crippen molar-refractivity contribution >= 4 is 5.84 Å². The number of hydrogen-bond acceptors (Lipinski definition) is 3. The normalized spacial score (nSPS) is 14.0. The smallest absolute Gasteiger partial charge is 0.192 e. The van der Waals surface area contributed by atoms with Crippen LogP contribution < -0.4 is 5.43 Å². The van der Waals surface area contributed by atoms with E-state index in [9.17, 15) is 0 Å². The molecule has 0 atom stereocenters. The van der Waals surface area contributed by atoms with Crippen LogP contribution in [0.5, 0.6) is 0 Å². The highest BCUT2D eigenvalue weighted by Gasteiger charge is 2.11. The first-order chi connectivity index (χ1) is 4.47. The fraction of sp³-hybridized carbons (Fsp3) is 0. The average molecular weight is 119 g/mol. The molecule has 3 heteroatoms. The van der Waals surface area contributed by atoms with Crippen molar-refractivity contribution in [2.45, 2.75) is 0 Å². The average Bonchev–Trinajstić information content (AvgIpc) is 2.71. The van der Waals surface area contributed by atoms with Gasteiger partial charge in [-0.05, 0) is 12.1 Å². The van der Waals surface area contributed by atoms with E-state index in [1.807, 2.05) is 18.2 Å². The van der Waals surface area contributed by atoms with Gasteiger partial charge in [-0.1, -0.05) is 6.07 Å². The Morgan fingerprint density at radius 1 is 1.33 bits per heavy atom. The van der Waals surface area contributed by atoms with Crippen LogP contribution in [0.25, 0.3) is 0 Å². The van der Waals surface area contributed by atoms with Crippen molar-refractivity contribution in [2.24, 2.45) is 5.10 Å². The molecule has 9 heavy (non-hydrogen) atoms. The predicted molar refractivity (Wildman–Crippen MR) is 33.9 cm³/mol. The molecule has 0 unspecified atom stereocenters. The minimum absolute atomic E-state index is 0.885. The lowest BCUT2D eigenvalue weighted by Gasteiger charge is -1.84. The first-order valence-corrected chi connectivity index (χ1v) is 2.72. The number of pyridine rings is 1. The molecule has 2 rings (SSSR count). The maximum absolute atomic E-state index is 4.05. The monoisotopic (exact) mass is 119 g/mol. The topological polar surface area (TPSA) is 47.2 Å². The third-order valence-electron chi connectivity index (χ3n) is 1.13. The van der Waals surface area contributed by atoms with Crippen molar-refractivity contribution in [3.8, 4) is 0 Å². The number of rotatable bonds is 1. The Bertz CT molecular complexity index is 240. The molecule has 44 valence electrons. The minimum atomic E-state index is 0.885. The molecule has 1 aromatic rings. The summed E-state index contributed by atoms with van der Waals surface area (Å²) in [6.45, 7) is 0. The van der Waals surface area contributed by atoms with Crippen LogP contribution in [0.1, 0.15) is 5.69 Å². The molecule has 1 N–H and O–H groups in total. The van der Waals surface area contributed by atoms with E-state index in [4.69, 9.17) is 0 Å². The summed E-state index contributed by atoms with van der Waals surface area (Å²) in [5.74, 6) is 0.885. The molecule has 0 amide bonds. The molecule has 3 nitrogen and oxygen atoms in total. The third-order valence-corrected chi connectivity index (χ3v) is 1.13. The Morgan fingerprint density at radius 2 is 2.22 bits per heavy atom. The van der Waals surface area contributed by atoms with E-state index in [0.29, 0.717) is 0 Å². The van der Waals surface area contributed by atoms with Crippen LogP contribution in [0.2, 0.25) is 0 Å². The summed E-state index contributed by atoms with van der Waals surface area (Å²) in [6, 6.07) is 5.73. The Kier molecular flexibility index (Phi) is 0.773. The molecule has 2 heterocycles. The Balaban J connectivity index is 2.40. The number of nitrogens with one attached hydrogen (secondary N) is 1.